The van der Waals surface area contributed by atoms with Gasteiger partial charge in [-0.15, -0.1) is 0 Å². The molecule has 1 aromatic carbocycles. The first-order chi connectivity index (χ1) is 10.2. The predicted octanol–water partition coefficient (Wildman–Crippen LogP) is 1.83. The molecule has 4 nitrogen and oxygen atoms in total. The molecule has 2 aliphatic carbocycles. The molecule has 0 saturated heterocycles. The zero-order chi connectivity index (χ0) is 14.7. The van der Waals surface area contributed by atoms with Crippen LogP contribution in [0.1, 0.15) is 36.8 Å². The van der Waals surface area contributed by atoms with Crippen molar-refractivity contribution < 1.29 is 14.6 Å². The van der Waals surface area contributed by atoms with E-state index in [0.29, 0.717) is 6.54 Å². The molecule has 1 fully saturated rings. The summed E-state index contributed by atoms with van der Waals surface area (Å²) in [6.45, 7) is 0.592. The van der Waals surface area contributed by atoms with E-state index in [9.17, 15) is 9.90 Å². The smallest absolute Gasteiger partial charge is 0.257 e. The van der Waals surface area contributed by atoms with Crippen LogP contribution >= 0.6 is 0 Å². The van der Waals surface area contributed by atoms with Gasteiger partial charge in [0.05, 0.1) is 6.10 Å². The van der Waals surface area contributed by atoms with Gasteiger partial charge in [-0.25, -0.2) is 0 Å². The van der Waals surface area contributed by atoms with Crippen molar-refractivity contribution in [3.05, 3.63) is 29.3 Å². The monoisotopic (exact) mass is 289 g/mol. The maximum Gasteiger partial charge on any atom is 0.257 e. The minimum absolute atomic E-state index is 0.0433. The molecule has 0 spiro atoms. The number of nitrogens with one attached hydrogen (secondary N) is 1. The number of hydrogen-bond acceptors (Lipinski definition) is 3. The highest BCUT2D eigenvalue weighted by Gasteiger charge is 2.25. The van der Waals surface area contributed by atoms with Crippen LogP contribution in [-0.2, 0) is 17.6 Å². The zero-order valence-electron chi connectivity index (χ0n) is 12.3. The number of aliphatic hydroxyl groups excluding tert-OH is 1. The molecule has 2 N–H and O–H groups in total. The molecular formula is C17H23NO3. The standard InChI is InChI=1S/C17H23NO3/c19-16-6-2-5-14(16)10-18-17(20)11-21-15-8-7-12-3-1-4-13(12)9-15/h7-9,14,16,19H,1-6,10-11H2,(H,18,20). The number of fused-ring (bicyclic) bond motifs is 1. The first kappa shape index (κ1) is 14.4. The third-order valence-corrected chi connectivity index (χ3v) is 4.62. The maximum absolute atomic E-state index is 11.8. The number of hydrogen-bond donors (Lipinski definition) is 2. The number of ether oxygens (including phenoxy) is 1. The van der Waals surface area contributed by atoms with Crippen LogP contribution in [0.2, 0.25) is 0 Å². The lowest BCUT2D eigenvalue weighted by Gasteiger charge is -2.15. The summed E-state index contributed by atoms with van der Waals surface area (Å²) in [7, 11) is 0. The molecule has 2 unspecified atom stereocenters. The predicted molar refractivity (Wildman–Crippen MR) is 80.3 cm³/mol. The molecule has 2 atom stereocenters. The topological polar surface area (TPSA) is 58.6 Å². The average Bonchev–Trinajstić information content (AvgIpc) is 3.11. The summed E-state index contributed by atoms with van der Waals surface area (Å²) in [4.78, 5) is 11.8. The van der Waals surface area contributed by atoms with Crippen LogP contribution in [0.5, 0.6) is 5.75 Å². The molecular weight excluding hydrogens is 266 g/mol. The number of carbonyl (C=O) groups excluding carboxylic acids is 1. The second kappa shape index (κ2) is 6.48. The lowest BCUT2D eigenvalue weighted by Crippen LogP contribution is -2.35. The van der Waals surface area contributed by atoms with E-state index in [2.05, 4.69) is 17.4 Å². The number of aliphatic hydroxyl groups is 1. The fourth-order valence-electron chi connectivity index (χ4n) is 3.34. The molecule has 1 aromatic rings. The van der Waals surface area contributed by atoms with Gasteiger partial charge in [0.2, 0.25) is 0 Å². The van der Waals surface area contributed by atoms with Crippen LogP contribution < -0.4 is 10.1 Å². The van der Waals surface area contributed by atoms with Gasteiger partial charge in [-0.2, -0.15) is 0 Å². The molecule has 2 aliphatic rings. The Morgan fingerprint density at radius 2 is 2.10 bits per heavy atom. The van der Waals surface area contributed by atoms with Gasteiger partial charge in [0.1, 0.15) is 5.75 Å². The minimum atomic E-state index is -0.261. The van der Waals surface area contributed by atoms with Crippen molar-refractivity contribution in [3.63, 3.8) is 0 Å². The van der Waals surface area contributed by atoms with Gasteiger partial charge in [0, 0.05) is 12.5 Å². The Hall–Kier alpha value is -1.55. The van der Waals surface area contributed by atoms with E-state index in [4.69, 9.17) is 4.74 Å². The molecule has 0 radical (unpaired) electrons. The summed E-state index contributed by atoms with van der Waals surface area (Å²) in [5.74, 6) is 0.857. The molecule has 21 heavy (non-hydrogen) atoms. The van der Waals surface area contributed by atoms with E-state index in [1.54, 1.807) is 0 Å². The lowest BCUT2D eigenvalue weighted by atomic mass is 10.1. The van der Waals surface area contributed by atoms with Crippen LogP contribution in [0.25, 0.3) is 0 Å². The van der Waals surface area contributed by atoms with E-state index in [-0.39, 0.29) is 24.5 Å². The fraction of sp³-hybridized carbons (Fsp3) is 0.588. The van der Waals surface area contributed by atoms with Crippen molar-refractivity contribution in [2.24, 2.45) is 5.92 Å². The number of carbonyl (C=O) groups is 1. The summed E-state index contributed by atoms with van der Waals surface area (Å²) in [5.41, 5.74) is 2.75. The Kier molecular flexibility index (Phi) is 4.44. The van der Waals surface area contributed by atoms with Crippen molar-refractivity contribution in [2.75, 3.05) is 13.2 Å². The first-order valence-electron chi connectivity index (χ1n) is 7.92. The summed E-state index contributed by atoms with van der Waals surface area (Å²) in [6, 6.07) is 6.10. The third kappa shape index (κ3) is 3.56. The van der Waals surface area contributed by atoms with E-state index < -0.39 is 0 Å². The Balaban J connectivity index is 1.43. The zero-order valence-corrected chi connectivity index (χ0v) is 12.3. The highest BCUT2D eigenvalue weighted by Crippen LogP contribution is 2.26. The Labute approximate surface area is 125 Å². The Morgan fingerprint density at radius 3 is 2.90 bits per heavy atom. The highest BCUT2D eigenvalue weighted by molar-refractivity contribution is 5.77. The molecule has 1 amide bonds. The largest absolute Gasteiger partial charge is 0.484 e. The van der Waals surface area contributed by atoms with Gasteiger partial charge in [-0.05, 0) is 55.4 Å². The summed E-state index contributed by atoms with van der Waals surface area (Å²) >= 11 is 0. The van der Waals surface area contributed by atoms with Gasteiger partial charge in [0.25, 0.3) is 5.91 Å². The third-order valence-electron chi connectivity index (χ3n) is 4.62. The van der Waals surface area contributed by atoms with Crippen molar-refractivity contribution in [1.29, 1.82) is 0 Å². The summed E-state index contributed by atoms with van der Waals surface area (Å²) < 4.78 is 5.56. The summed E-state index contributed by atoms with van der Waals surface area (Å²) in [6.07, 6.45) is 6.11. The van der Waals surface area contributed by atoms with Crippen molar-refractivity contribution >= 4 is 5.91 Å². The van der Waals surface area contributed by atoms with E-state index in [1.165, 1.54) is 17.5 Å². The van der Waals surface area contributed by atoms with Crippen LogP contribution in [0.3, 0.4) is 0 Å². The molecule has 0 heterocycles. The van der Waals surface area contributed by atoms with Crippen LogP contribution in [0, 0.1) is 5.92 Å². The van der Waals surface area contributed by atoms with Crippen molar-refractivity contribution in [1.82, 2.24) is 5.32 Å². The first-order valence-corrected chi connectivity index (χ1v) is 7.92. The minimum Gasteiger partial charge on any atom is -0.484 e. The van der Waals surface area contributed by atoms with E-state index in [1.807, 2.05) is 6.07 Å². The van der Waals surface area contributed by atoms with Gasteiger partial charge in [-0.3, -0.25) is 4.79 Å². The van der Waals surface area contributed by atoms with Crippen LogP contribution in [0.15, 0.2) is 18.2 Å². The quantitative estimate of drug-likeness (QED) is 0.869. The second-order valence-corrected chi connectivity index (χ2v) is 6.14. The Bertz CT molecular complexity index is 515. The van der Waals surface area contributed by atoms with E-state index >= 15 is 0 Å². The number of benzene rings is 1. The van der Waals surface area contributed by atoms with Crippen LogP contribution in [-0.4, -0.2) is 30.3 Å². The van der Waals surface area contributed by atoms with Crippen molar-refractivity contribution in [2.45, 2.75) is 44.6 Å². The van der Waals surface area contributed by atoms with Gasteiger partial charge in [0.15, 0.2) is 6.61 Å². The van der Waals surface area contributed by atoms with E-state index in [0.717, 1.165) is 37.9 Å². The van der Waals surface area contributed by atoms with Gasteiger partial charge < -0.3 is 15.2 Å². The lowest BCUT2D eigenvalue weighted by molar-refractivity contribution is -0.123. The number of aryl methyl sites for hydroxylation is 2. The average molecular weight is 289 g/mol. The maximum atomic E-state index is 11.8. The molecule has 4 heteroatoms. The molecule has 0 bridgehead atoms. The SMILES string of the molecule is O=C(COc1ccc2c(c1)CCC2)NCC1CCCC1O. The van der Waals surface area contributed by atoms with Gasteiger partial charge in [-0.1, -0.05) is 12.5 Å². The normalized spacial score (nSPS) is 23.9. The molecule has 0 aromatic heterocycles. The molecule has 1 saturated carbocycles. The molecule has 0 aliphatic heterocycles. The second-order valence-electron chi connectivity index (χ2n) is 6.14. The number of rotatable bonds is 5. The summed E-state index contributed by atoms with van der Waals surface area (Å²) in [5, 5.41) is 12.6. The number of amides is 1. The van der Waals surface area contributed by atoms with Gasteiger partial charge >= 0.3 is 0 Å². The van der Waals surface area contributed by atoms with Crippen LogP contribution in [0.4, 0.5) is 0 Å². The highest BCUT2D eigenvalue weighted by atomic mass is 16.5. The van der Waals surface area contributed by atoms with Crippen molar-refractivity contribution in [3.8, 4) is 5.75 Å². The fourth-order valence-corrected chi connectivity index (χ4v) is 3.34. The molecule has 3 rings (SSSR count). The molecule has 114 valence electrons. The Morgan fingerprint density at radius 1 is 1.24 bits per heavy atom.